The summed E-state index contributed by atoms with van der Waals surface area (Å²) in [5.41, 5.74) is 1.76. The van der Waals surface area contributed by atoms with E-state index < -0.39 is 6.03 Å². The van der Waals surface area contributed by atoms with Gasteiger partial charge in [-0.1, -0.05) is 43.8 Å². The quantitative estimate of drug-likeness (QED) is 0.295. The van der Waals surface area contributed by atoms with Gasteiger partial charge in [0, 0.05) is 41.7 Å². The highest BCUT2D eigenvalue weighted by atomic mass is 16.5. The van der Waals surface area contributed by atoms with Gasteiger partial charge in [-0.15, -0.1) is 0 Å². The number of hydrogen-bond acceptors (Lipinski definition) is 8. The van der Waals surface area contributed by atoms with Gasteiger partial charge < -0.3 is 25.0 Å². The summed E-state index contributed by atoms with van der Waals surface area (Å²) in [6.45, 7) is 7.28. The van der Waals surface area contributed by atoms with E-state index in [1.807, 2.05) is 26.8 Å². The summed E-state index contributed by atoms with van der Waals surface area (Å²) in [4.78, 5) is 20.7. The van der Waals surface area contributed by atoms with Crippen molar-refractivity contribution >= 4 is 23.5 Å². The predicted molar refractivity (Wildman–Crippen MR) is 129 cm³/mol. The van der Waals surface area contributed by atoms with E-state index in [4.69, 9.17) is 14.4 Å². The average Bonchev–Trinajstić information content (AvgIpc) is 3.27. The molecule has 0 aliphatic heterocycles. The zero-order valence-corrected chi connectivity index (χ0v) is 19.4. The third-order valence-corrected chi connectivity index (χ3v) is 4.38. The fraction of sp³-hybridized carbons (Fsp3) is 0.333. The number of nitrogens with one attached hydrogen (secondary N) is 3. The molecule has 0 spiro atoms. The van der Waals surface area contributed by atoms with Crippen LogP contribution < -0.4 is 16.0 Å². The van der Waals surface area contributed by atoms with Crippen LogP contribution in [0.25, 0.3) is 0 Å². The molecule has 178 valence electrons. The van der Waals surface area contributed by atoms with Gasteiger partial charge in [-0.3, -0.25) is 5.32 Å². The second-order valence-corrected chi connectivity index (χ2v) is 8.29. The van der Waals surface area contributed by atoms with Crippen molar-refractivity contribution in [2.45, 2.75) is 26.2 Å². The minimum absolute atomic E-state index is 0.00274. The van der Waals surface area contributed by atoms with Crippen LogP contribution in [0.15, 0.2) is 47.2 Å². The number of carbonyl (C=O) groups is 1. The fourth-order valence-corrected chi connectivity index (χ4v) is 2.67. The Balaban J connectivity index is 1.53. The fourth-order valence-electron chi connectivity index (χ4n) is 2.67. The molecule has 10 heteroatoms. The van der Waals surface area contributed by atoms with Gasteiger partial charge in [-0.2, -0.15) is 0 Å². The van der Waals surface area contributed by atoms with Crippen LogP contribution in [0.3, 0.4) is 0 Å². The molecule has 10 nitrogen and oxygen atoms in total. The Kier molecular flexibility index (Phi) is 8.56. The van der Waals surface area contributed by atoms with Gasteiger partial charge in [-0.05, 0) is 18.2 Å². The van der Waals surface area contributed by atoms with Crippen LogP contribution in [-0.4, -0.2) is 52.6 Å². The molecule has 0 aliphatic rings. The smallest absolute Gasteiger partial charge is 0.324 e. The molecular formula is C24H28N6O4. The number of carbonyl (C=O) groups excluding carboxylic acids is 1. The highest BCUT2D eigenvalue weighted by Gasteiger charge is 2.20. The zero-order chi connectivity index (χ0) is 24.4. The summed E-state index contributed by atoms with van der Waals surface area (Å²) < 4.78 is 10.4. The van der Waals surface area contributed by atoms with Crippen LogP contribution in [0.5, 0.6) is 0 Å². The maximum atomic E-state index is 12.3. The van der Waals surface area contributed by atoms with Gasteiger partial charge in [0.15, 0.2) is 5.82 Å². The first-order valence-electron chi connectivity index (χ1n) is 10.8. The van der Waals surface area contributed by atoms with Gasteiger partial charge in [0.25, 0.3) is 0 Å². The molecule has 3 rings (SSSR count). The molecule has 3 aromatic rings. The molecule has 34 heavy (non-hydrogen) atoms. The Hall–Kier alpha value is -3.94. The molecular weight excluding hydrogens is 436 g/mol. The molecule has 0 unspecified atom stereocenters. The largest absolute Gasteiger partial charge is 0.394 e. The molecule has 2 aromatic heterocycles. The lowest BCUT2D eigenvalue weighted by Gasteiger charge is -2.12. The lowest BCUT2D eigenvalue weighted by Crippen LogP contribution is -2.19. The molecule has 0 atom stereocenters. The monoisotopic (exact) mass is 464 g/mol. The van der Waals surface area contributed by atoms with Crippen molar-refractivity contribution in [1.29, 1.82) is 0 Å². The van der Waals surface area contributed by atoms with E-state index in [1.54, 1.807) is 36.7 Å². The maximum Gasteiger partial charge on any atom is 0.324 e. The summed E-state index contributed by atoms with van der Waals surface area (Å²) in [5, 5.41) is 21.0. The lowest BCUT2D eigenvalue weighted by atomic mass is 9.93. The Bertz CT molecular complexity index is 1140. The van der Waals surface area contributed by atoms with Gasteiger partial charge in [0.1, 0.15) is 5.76 Å². The third-order valence-electron chi connectivity index (χ3n) is 4.38. The Morgan fingerprint density at radius 3 is 2.56 bits per heavy atom. The molecule has 0 fully saturated rings. The molecule has 2 amide bonds. The minimum atomic E-state index is -0.433. The van der Waals surface area contributed by atoms with Gasteiger partial charge in [0.05, 0.1) is 25.4 Å². The van der Waals surface area contributed by atoms with Gasteiger partial charge in [0.2, 0.25) is 5.95 Å². The van der Waals surface area contributed by atoms with Gasteiger partial charge in [-0.25, -0.2) is 14.8 Å². The number of anilines is 3. The number of hydrogen-bond donors (Lipinski definition) is 4. The van der Waals surface area contributed by atoms with Crippen LogP contribution >= 0.6 is 0 Å². The second-order valence-electron chi connectivity index (χ2n) is 8.29. The molecule has 0 saturated carbocycles. The first-order valence-corrected chi connectivity index (χ1v) is 10.8. The first-order chi connectivity index (χ1) is 16.3. The van der Waals surface area contributed by atoms with Crippen molar-refractivity contribution in [1.82, 2.24) is 15.1 Å². The van der Waals surface area contributed by atoms with E-state index in [9.17, 15) is 4.79 Å². The van der Waals surface area contributed by atoms with E-state index in [2.05, 4.69) is 42.9 Å². The number of nitrogens with zero attached hydrogens (tertiary/aromatic N) is 3. The highest BCUT2D eigenvalue weighted by Crippen LogP contribution is 2.24. The van der Waals surface area contributed by atoms with E-state index in [0.717, 1.165) is 5.56 Å². The summed E-state index contributed by atoms with van der Waals surface area (Å²) in [5.74, 6) is 7.53. The van der Waals surface area contributed by atoms with E-state index >= 15 is 0 Å². The third kappa shape index (κ3) is 7.88. The predicted octanol–water partition coefficient (Wildman–Crippen LogP) is 3.23. The number of aliphatic hydroxyl groups excluding tert-OH is 1. The number of ether oxygens (including phenoxy) is 1. The van der Waals surface area contributed by atoms with Crippen molar-refractivity contribution in [3.63, 3.8) is 0 Å². The average molecular weight is 465 g/mol. The standard InChI is InChI=1S/C24H28N6O4/c1-24(2,3)20-14-21(30-34-20)29-23(32)28-19-6-4-5-17(13-19)7-8-18-15-26-22(27-16-18)25-9-11-33-12-10-31/h4-6,13-16,31H,9-12H2,1-3H3,(H,25,26,27)(H2,28,29,30,32). The molecule has 0 bridgehead atoms. The number of aromatic nitrogens is 3. The number of benzene rings is 1. The number of aliphatic hydroxyl groups is 1. The Labute approximate surface area is 198 Å². The number of rotatable bonds is 8. The molecule has 4 N–H and O–H groups in total. The van der Waals surface area contributed by atoms with Crippen LogP contribution in [0.4, 0.5) is 22.2 Å². The molecule has 1 aromatic carbocycles. The minimum Gasteiger partial charge on any atom is -0.394 e. The second kappa shape index (κ2) is 11.8. The zero-order valence-electron chi connectivity index (χ0n) is 19.4. The normalized spacial score (nSPS) is 10.8. The molecule has 0 saturated heterocycles. The van der Waals surface area contributed by atoms with Crippen LogP contribution in [0, 0.1) is 11.8 Å². The maximum absolute atomic E-state index is 12.3. The van der Waals surface area contributed by atoms with Crippen LogP contribution in [0.2, 0.25) is 0 Å². The van der Waals surface area contributed by atoms with Crippen LogP contribution in [0.1, 0.15) is 37.7 Å². The van der Waals surface area contributed by atoms with E-state index in [0.29, 0.717) is 48.5 Å². The van der Waals surface area contributed by atoms with Crippen molar-refractivity contribution in [2.24, 2.45) is 0 Å². The Morgan fingerprint density at radius 1 is 1.09 bits per heavy atom. The number of urea groups is 1. The van der Waals surface area contributed by atoms with Crippen molar-refractivity contribution < 1.29 is 19.2 Å². The Morgan fingerprint density at radius 2 is 1.85 bits per heavy atom. The SMILES string of the molecule is CC(C)(C)c1cc(NC(=O)Nc2cccc(C#Cc3cnc(NCCOCCO)nc3)c2)no1. The van der Waals surface area contributed by atoms with Crippen molar-refractivity contribution in [2.75, 3.05) is 42.3 Å². The van der Waals surface area contributed by atoms with E-state index in [-0.39, 0.29) is 12.0 Å². The summed E-state index contributed by atoms with van der Waals surface area (Å²) in [6, 6.07) is 8.44. The summed E-state index contributed by atoms with van der Waals surface area (Å²) >= 11 is 0. The summed E-state index contributed by atoms with van der Waals surface area (Å²) in [7, 11) is 0. The number of amides is 2. The molecule has 0 aliphatic carbocycles. The topological polar surface area (TPSA) is 134 Å². The molecule has 0 radical (unpaired) electrons. The molecule has 2 heterocycles. The first kappa shape index (κ1) is 24.7. The summed E-state index contributed by atoms with van der Waals surface area (Å²) in [6.07, 6.45) is 3.24. The van der Waals surface area contributed by atoms with Crippen molar-refractivity contribution in [3.05, 3.63) is 59.6 Å². The van der Waals surface area contributed by atoms with E-state index in [1.165, 1.54) is 0 Å². The van der Waals surface area contributed by atoms with Crippen molar-refractivity contribution in [3.8, 4) is 11.8 Å². The van der Waals surface area contributed by atoms with Crippen LogP contribution in [-0.2, 0) is 10.2 Å². The highest BCUT2D eigenvalue weighted by molar-refractivity contribution is 5.99. The lowest BCUT2D eigenvalue weighted by molar-refractivity contribution is 0.0991. The van der Waals surface area contributed by atoms with Gasteiger partial charge >= 0.3 is 6.03 Å².